The van der Waals surface area contributed by atoms with Crippen LogP contribution in [0, 0.1) is 27.4 Å². The van der Waals surface area contributed by atoms with Crippen molar-refractivity contribution < 1.29 is 23.7 Å². The quantitative estimate of drug-likeness (QED) is 0.441. The fourth-order valence-electron chi connectivity index (χ4n) is 2.76. The molecule has 9 nitrogen and oxygen atoms in total. The molecule has 9 heteroatoms. The summed E-state index contributed by atoms with van der Waals surface area (Å²) in [5, 5.41) is 22.5. The Kier molecular flexibility index (Phi) is 5.13. The number of ether oxygens (including phenoxy) is 1. The molecule has 1 aromatic heterocycles. The van der Waals surface area contributed by atoms with Gasteiger partial charge in [0.25, 0.3) is 11.6 Å². The maximum absolute atomic E-state index is 12.1. The van der Waals surface area contributed by atoms with Crippen molar-refractivity contribution in [3.05, 3.63) is 52.3 Å². The SMILES string of the molecule is C[C@@](C#N)(NC(=O)COC(=O)c1ccc(-c2ccc([N+](=O)[O-])cc2)o1)C1CC1. The second-order valence-corrected chi connectivity index (χ2v) is 6.68. The summed E-state index contributed by atoms with van der Waals surface area (Å²) in [5.74, 6) is -1.05. The number of nitro benzene ring substituents is 1. The van der Waals surface area contributed by atoms with Gasteiger partial charge in [-0.05, 0) is 49.9 Å². The number of carbonyl (C=O) groups excluding carboxylic acids is 2. The van der Waals surface area contributed by atoms with Gasteiger partial charge in [-0.15, -0.1) is 0 Å². The second-order valence-electron chi connectivity index (χ2n) is 6.68. The van der Waals surface area contributed by atoms with E-state index in [2.05, 4.69) is 11.4 Å². The van der Waals surface area contributed by atoms with Crippen LogP contribution in [0.25, 0.3) is 11.3 Å². The Morgan fingerprint density at radius 1 is 1.32 bits per heavy atom. The van der Waals surface area contributed by atoms with Gasteiger partial charge in [-0.3, -0.25) is 14.9 Å². The molecule has 1 aliphatic rings. The molecule has 0 bridgehead atoms. The molecule has 3 rings (SSSR count). The van der Waals surface area contributed by atoms with E-state index in [0.29, 0.717) is 11.3 Å². The smallest absolute Gasteiger partial charge is 0.374 e. The Morgan fingerprint density at radius 3 is 2.57 bits per heavy atom. The Labute approximate surface area is 160 Å². The highest BCUT2D eigenvalue weighted by Gasteiger charge is 2.43. The van der Waals surface area contributed by atoms with Crippen molar-refractivity contribution in [3.63, 3.8) is 0 Å². The molecule has 0 unspecified atom stereocenters. The minimum absolute atomic E-state index is 0.0588. The van der Waals surface area contributed by atoms with E-state index in [1.165, 1.54) is 36.4 Å². The zero-order chi connectivity index (χ0) is 20.3. The van der Waals surface area contributed by atoms with Crippen molar-refractivity contribution in [2.75, 3.05) is 6.61 Å². The molecule has 144 valence electrons. The van der Waals surface area contributed by atoms with E-state index < -0.39 is 28.9 Å². The lowest BCUT2D eigenvalue weighted by atomic mass is 9.98. The zero-order valence-electron chi connectivity index (χ0n) is 15.0. The van der Waals surface area contributed by atoms with Gasteiger partial charge in [0.05, 0.1) is 11.0 Å². The molecule has 0 spiro atoms. The lowest BCUT2D eigenvalue weighted by Crippen LogP contribution is -2.48. The molecule has 1 aliphatic carbocycles. The lowest BCUT2D eigenvalue weighted by molar-refractivity contribution is -0.384. The van der Waals surface area contributed by atoms with Crippen molar-refractivity contribution >= 4 is 17.6 Å². The second kappa shape index (κ2) is 7.52. The average Bonchev–Trinajstić information content (AvgIpc) is 3.44. The first-order chi connectivity index (χ1) is 13.3. The Hall–Kier alpha value is -3.67. The Bertz CT molecular complexity index is 955. The van der Waals surface area contributed by atoms with Crippen molar-refractivity contribution in [1.29, 1.82) is 5.26 Å². The third-order valence-electron chi connectivity index (χ3n) is 4.53. The summed E-state index contributed by atoms with van der Waals surface area (Å²) in [5.41, 5.74) is -0.467. The number of nitro groups is 1. The fraction of sp³-hybridized carbons (Fsp3) is 0.316. The highest BCUT2D eigenvalue weighted by atomic mass is 16.6. The monoisotopic (exact) mass is 383 g/mol. The van der Waals surface area contributed by atoms with E-state index in [0.717, 1.165) is 12.8 Å². The number of nitriles is 1. The van der Waals surface area contributed by atoms with E-state index in [-0.39, 0.29) is 17.4 Å². The van der Waals surface area contributed by atoms with Gasteiger partial charge in [0.1, 0.15) is 11.3 Å². The van der Waals surface area contributed by atoms with Crippen LogP contribution < -0.4 is 5.32 Å². The summed E-state index contributed by atoms with van der Waals surface area (Å²) in [6.07, 6.45) is 1.75. The molecule has 0 aliphatic heterocycles. The normalized spacial score (nSPS) is 15.1. The highest BCUT2D eigenvalue weighted by Crippen LogP contribution is 2.39. The van der Waals surface area contributed by atoms with Crippen LogP contribution in [0.4, 0.5) is 5.69 Å². The minimum Gasteiger partial charge on any atom is -0.450 e. The van der Waals surface area contributed by atoms with Crippen LogP contribution in [0.1, 0.15) is 30.3 Å². The van der Waals surface area contributed by atoms with Gasteiger partial charge in [0, 0.05) is 17.7 Å². The molecular weight excluding hydrogens is 366 g/mol. The first-order valence-corrected chi connectivity index (χ1v) is 8.56. The Balaban J connectivity index is 1.57. The maximum atomic E-state index is 12.1. The van der Waals surface area contributed by atoms with Crippen LogP contribution in [-0.2, 0) is 9.53 Å². The molecule has 1 amide bonds. The van der Waals surface area contributed by atoms with Gasteiger partial charge in [-0.2, -0.15) is 5.26 Å². The number of hydrogen-bond acceptors (Lipinski definition) is 7. The molecule has 2 aromatic rings. The molecule has 1 fully saturated rings. The number of benzene rings is 1. The number of nitrogens with zero attached hydrogens (tertiary/aromatic N) is 2. The number of non-ortho nitro benzene ring substituents is 1. The van der Waals surface area contributed by atoms with Crippen molar-refractivity contribution in [2.45, 2.75) is 25.3 Å². The number of nitrogens with one attached hydrogen (secondary N) is 1. The van der Waals surface area contributed by atoms with Gasteiger partial charge in [0.15, 0.2) is 6.61 Å². The van der Waals surface area contributed by atoms with Crippen LogP contribution in [0.2, 0.25) is 0 Å². The molecule has 0 saturated heterocycles. The van der Waals surface area contributed by atoms with Gasteiger partial charge in [-0.25, -0.2) is 4.79 Å². The highest BCUT2D eigenvalue weighted by molar-refractivity contribution is 5.89. The topological polar surface area (TPSA) is 135 Å². The van der Waals surface area contributed by atoms with Crippen LogP contribution in [-0.4, -0.2) is 28.9 Å². The van der Waals surface area contributed by atoms with Gasteiger partial charge in [0.2, 0.25) is 5.76 Å². The molecule has 1 heterocycles. The number of furan rings is 1. The number of amides is 1. The summed E-state index contributed by atoms with van der Waals surface area (Å²) in [6, 6.07) is 10.7. The Morgan fingerprint density at radius 2 is 2.00 bits per heavy atom. The minimum atomic E-state index is -0.961. The van der Waals surface area contributed by atoms with Crippen molar-refractivity contribution in [3.8, 4) is 17.4 Å². The summed E-state index contributed by atoms with van der Waals surface area (Å²) in [7, 11) is 0. The summed E-state index contributed by atoms with van der Waals surface area (Å²) < 4.78 is 10.3. The van der Waals surface area contributed by atoms with Gasteiger partial charge >= 0.3 is 5.97 Å². The maximum Gasteiger partial charge on any atom is 0.374 e. The van der Waals surface area contributed by atoms with E-state index in [4.69, 9.17) is 9.15 Å². The number of rotatable bonds is 7. The van der Waals surface area contributed by atoms with E-state index in [9.17, 15) is 25.0 Å². The van der Waals surface area contributed by atoms with Crippen molar-refractivity contribution in [2.24, 2.45) is 5.92 Å². The van der Waals surface area contributed by atoms with Crippen LogP contribution in [0.5, 0.6) is 0 Å². The number of hydrogen-bond donors (Lipinski definition) is 1. The van der Waals surface area contributed by atoms with Crippen LogP contribution in [0.3, 0.4) is 0 Å². The lowest BCUT2D eigenvalue weighted by Gasteiger charge is -2.22. The molecule has 1 aromatic carbocycles. The summed E-state index contributed by atoms with van der Waals surface area (Å²) in [6.45, 7) is 1.11. The first kappa shape index (κ1) is 19.1. The largest absolute Gasteiger partial charge is 0.450 e. The molecule has 0 radical (unpaired) electrons. The predicted molar refractivity (Wildman–Crippen MR) is 96.0 cm³/mol. The zero-order valence-corrected chi connectivity index (χ0v) is 15.0. The molecule has 28 heavy (non-hydrogen) atoms. The summed E-state index contributed by atoms with van der Waals surface area (Å²) >= 11 is 0. The average molecular weight is 383 g/mol. The molecular formula is C19H17N3O6. The fourth-order valence-corrected chi connectivity index (χ4v) is 2.76. The van der Waals surface area contributed by atoms with Crippen molar-refractivity contribution in [1.82, 2.24) is 5.32 Å². The number of carbonyl (C=O) groups is 2. The third-order valence-corrected chi connectivity index (χ3v) is 4.53. The number of esters is 1. The van der Waals surface area contributed by atoms with Gasteiger partial charge in [-0.1, -0.05) is 0 Å². The predicted octanol–water partition coefficient (Wildman–Crippen LogP) is 2.82. The first-order valence-electron chi connectivity index (χ1n) is 8.56. The van der Waals surface area contributed by atoms with Crippen LogP contribution >= 0.6 is 0 Å². The molecule has 1 atom stereocenters. The van der Waals surface area contributed by atoms with E-state index >= 15 is 0 Å². The van der Waals surface area contributed by atoms with E-state index in [1.54, 1.807) is 6.92 Å². The van der Waals surface area contributed by atoms with Crippen LogP contribution in [0.15, 0.2) is 40.8 Å². The van der Waals surface area contributed by atoms with E-state index in [1.807, 2.05) is 0 Å². The standard InChI is InChI=1S/C19H17N3O6/c1-19(11-20,13-4-5-13)21-17(23)10-27-18(24)16-9-8-15(28-16)12-2-6-14(7-3-12)22(25)26/h2-3,6-9,13H,4-5,10H2,1H3,(H,21,23)/t19-/m0/s1. The third kappa shape index (κ3) is 4.17. The molecule has 1 saturated carbocycles. The summed E-state index contributed by atoms with van der Waals surface area (Å²) in [4.78, 5) is 34.2. The van der Waals surface area contributed by atoms with Gasteiger partial charge < -0.3 is 14.5 Å². The molecule has 1 N–H and O–H groups in total.